The fourth-order valence-electron chi connectivity index (χ4n) is 3.23. The van der Waals surface area contributed by atoms with Crippen LogP contribution in [0.25, 0.3) is 0 Å². The molecule has 2 fully saturated rings. The number of fused-ring (bicyclic) bond motifs is 1. The maximum absolute atomic E-state index is 5.77. The minimum atomic E-state index is 0.459. The first-order chi connectivity index (χ1) is 8.79. The van der Waals surface area contributed by atoms with Crippen molar-refractivity contribution in [2.75, 3.05) is 24.5 Å². The van der Waals surface area contributed by atoms with E-state index in [9.17, 15) is 0 Å². The molecule has 0 aromatic carbocycles. The van der Waals surface area contributed by atoms with Crippen LogP contribution in [0.5, 0.6) is 0 Å². The average molecular weight is 247 g/mol. The molecule has 3 rings (SSSR count). The minimum Gasteiger partial charge on any atom is -0.350 e. The van der Waals surface area contributed by atoms with Gasteiger partial charge in [0.2, 0.25) is 0 Å². The molecule has 0 bridgehead atoms. The van der Waals surface area contributed by atoms with Crippen LogP contribution in [0.15, 0.2) is 12.4 Å². The quantitative estimate of drug-likeness (QED) is 0.829. The lowest BCUT2D eigenvalue weighted by molar-refractivity contribution is 0.202. The summed E-state index contributed by atoms with van der Waals surface area (Å²) in [6.07, 6.45) is 6.13. The van der Waals surface area contributed by atoms with E-state index in [1.165, 1.54) is 19.4 Å². The third-order valence-electron chi connectivity index (χ3n) is 4.15. The van der Waals surface area contributed by atoms with Gasteiger partial charge in [-0.2, -0.15) is 0 Å². The number of rotatable bonds is 2. The van der Waals surface area contributed by atoms with Gasteiger partial charge in [0, 0.05) is 44.1 Å². The van der Waals surface area contributed by atoms with Gasteiger partial charge < -0.3 is 10.6 Å². The fourth-order valence-corrected chi connectivity index (χ4v) is 3.23. The highest BCUT2D eigenvalue weighted by Gasteiger charge is 2.35. The summed E-state index contributed by atoms with van der Waals surface area (Å²) in [4.78, 5) is 13.9. The molecule has 2 aliphatic heterocycles. The highest BCUT2D eigenvalue weighted by Crippen LogP contribution is 2.28. The van der Waals surface area contributed by atoms with Gasteiger partial charge in [-0.15, -0.1) is 0 Å². The van der Waals surface area contributed by atoms with Crippen molar-refractivity contribution < 1.29 is 0 Å². The van der Waals surface area contributed by atoms with Gasteiger partial charge in [-0.05, 0) is 26.3 Å². The van der Waals surface area contributed by atoms with Gasteiger partial charge in [0.05, 0.1) is 5.69 Å². The second kappa shape index (κ2) is 4.82. The lowest BCUT2D eigenvalue weighted by Crippen LogP contribution is -2.55. The average Bonchev–Trinajstić information content (AvgIpc) is 2.84. The summed E-state index contributed by atoms with van der Waals surface area (Å²) in [6.45, 7) is 6.18. The number of piperazine rings is 1. The van der Waals surface area contributed by atoms with Crippen molar-refractivity contribution in [3.8, 4) is 0 Å². The number of nitrogens with zero attached hydrogens (tertiary/aromatic N) is 4. The van der Waals surface area contributed by atoms with E-state index in [0.29, 0.717) is 18.6 Å². The largest absolute Gasteiger partial charge is 0.350 e. The van der Waals surface area contributed by atoms with Crippen molar-refractivity contribution in [3.05, 3.63) is 18.1 Å². The maximum atomic E-state index is 5.77. The van der Waals surface area contributed by atoms with Crippen LogP contribution in [-0.4, -0.2) is 46.6 Å². The molecule has 18 heavy (non-hydrogen) atoms. The number of hydrogen-bond acceptors (Lipinski definition) is 5. The Morgan fingerprint density at radius 1 is 1.33 bits per heavy atom. The van der Waals surface area contributed by atoms with Crippen LogP contribution in [0.3, 0.4) is 0 Å². The second-order valence-electron chi connectivity index (χ2n) is 5.32. The Morgan fingerprint density at radius 2 is 2.17 bits per heavy atom. The molecule has 5 heteroatoms. The van der Waals surface area contributed by atoms with Gasteiger partial charge in [-0.3, -0.25) is 9.88 Å². The molecule has 2 N–H and O–H groups in total. The molecule has 2 atom stereocenters. The van der Waals surface area contributed by atoms with Crippen LogP contribution in [0.2, 0.25) is 0 Å². The monoisotopic (exact) mass is 247 g/mol. The molecule has 5 nitrogen and oxygen atoms in total. The first-order valence-corrected chi connectivity index (χ1v) is 6.80. The van der Waals surface area contributed by atoms with E-state index in [2.05, 4.69) is 26.7 Å². The molecule has 2 saturated heterocycles. The third kappa shape index (κ3) is 1.97. The predicted octanol–water partition coefficient (Wildman–Crippen LogP) is 0.608. The second-order valence-corrected chi connectivity index (χ2v) is 5.32. The van der Waals surface area contributed by atoms with Gasteiger partial charge in [0.1, 0.15) is 0 Å². The summed E-state index contributed by atoms with van der Waals surface area (Å²) in [6, 6.07) is 1.18. The molecule has 0 spiro atoms. The lowest BCUT2D eigenvalue weighted by atomic mass is 10.1. The van der Waals surface area contributed by atoms with Crippen LogP contribution in [0.4, 0.5) is 5.82 Å². The van der Waals surface area contributed by atoms with Crippen molar-refractivity contribution in [1.29, 1.82) is 0 Å². The summed E-state index contributed by atoms with van der Waals surface area (Å²) < 4.78 is 0. The molecule has 0 radical (unpaired) electrons. The van der Waals surface area contributed by atoms with Crippen LogP contribution < -0.4 is 10.6 Å². The van der Waals surface area contributed by atoms with Crippen molar-refractivity contribution in [2.45, 2.75) is 38.4 Å². The zero-order valence-electron chi connectivity index (χ0n) is 10.9. The highest BCUT2D eigenvalue weighted by molar-refractivity contribution is 5.45. The van der Waals surface area contributed by atoms with E-state index in [1.807, 2.05) is 0 Å². The Bertz CT molecular complexity index is 422. The first kappa shape index (κ1) is 11.9. The van der Waals surface area contributed by atoms with Crippen molar-refractivity contribution in [2.24, 2.45) is 5.73 Å². The van der Waals surface area contributed by atoms with E-state index in [0.717, 1.165) is 24.6 Å². The SMILES string of the molecule is CC1CN2CCCC2CN1c1nccnc1CN. The number of anilines is 1. The molecule has 1 aromatic rings. The maximum Gasteiger partial charge on any atom is 0.151 e. The zero-order chi connectivity index (χ0) is 12.5. The summed E-state index contributed by atoms with van der Waals surface area (Å²) in [5.74, 6) is 0.985. The number of aromatic nitrogens is 2. The van der Waals surface area contributed by atoms with Crippen LogP contribution in [0.1, 0.15) is 25.5 Å². The van der Waals surface area contributed by atoms with Gasteiger partial charge in [-0.1, -0.05) is 0 Å². The zero-order valence-corrected chi connectivity index (χ0v) is 10.9. The summed E-state index contributed by atoms with van der Waals surface area (Å²) >= 11 is 0. The number of nitrogens with two attached hydrogens (primary N) is 1. The van der Waals surface area contributed by atoms with E-state index < -0.39 is 0 Å². The molecule has 0 aliphatic carbocycles. The van der Waals surface area contributed by atoms with Gasteiger partial charge in [-0.25, -0.2) is 4.98 Å². The van der Waals surface area contributed by atoms with Gasteiger partial charge in [0.15, 0.2) is 5.82 Å². The molecular formula is C13H21N5. The lowest BCUT2D eigenvalue weighted by Gasteiger charge is -2.43. The molecule has 2 aliphatic rings. The van der Waals surface area contributed by atoms with Gasteiger partial charge in [0.25, 0.3) is 0 Å². The molecule has 1 aromatic heterocycles. The molecule has 0 amide bonds. The van der Waals surface area contributed by atoms with Gasteiger partial charge >= 0.3 is 0 Å². The Hall–Kier alpha value is -1.20. The number of hydrogen-bond donors (Lipinski definition) is 1. The first-order valence-electron chi connectivity index (χ1n) is 6.80. The van der Waals surface area contributed by atoms with E-state index >= 15 is 0 Å². The topological polar surface area (TPSA) is 58.3 Å². The predicted molar refractivity (Wildman–Crippen MR) is 71.3 cm³/mol. The third-order valence-corrected chi connectivity index (χ3v) is 4.15. The van der Waals surface area contributed by atoms with E-state index in [4.69, 9.17) is 5.73 Å². The summed E-state index contributed by atoms with van der Waals surface area (Å²) in [5.41, 5.74) is 6.68. The van der Waals surface area contributed by atoms with Crippen LogP contribution >= 0.6 is 0 Å². The Balaban J connectivity index is 1.86. The Morgan fingerprint density at radius 3 is 3.00 bits per heavy atom. The summed E-state index contributed by atoms with van der Waals surface area (Å²) in [7, 11) is 0. The normalized spacial score (nSPS) is 28.4. The Kier molecular flexibility index (Phi) is 3.18. The molecular weight excluding hydrogens is 226 g/mol. The molecule has 98 valence electrons. The minimum absolute atomic E-state index is 0.459. The van der Waals surface area contributed by atoms with Crippen molar-refractivity contribution >= 4 is 5.82 Å². The fraction of sp³-hybridized carbons (Fsp3) is 0.692. The molecule has 0 saturated carbocycles. The van der Waals surface area contributed by atoms with E-state index in [-0.39, 0.29) is 0 Å². The van der Waals surface area contributed by atoms with Crippen LogP contribution in [-0.2, 0) is 6.54 Å². The smallest absolute Gasteiger partial charge is 0.151 e. The van der Waals surface area contributed by atoms with E-state index in [1.54, 1.807) is 12.4 Å². The summed E-state index contributed by atoms with van der Waals surface area (Å²) in [5, 5.41) is 0. The molecule has 2 unspecified atom stereocenters. The van der Waals surface area contributed by atoms with Crippen LogP contribution in [0, 0.1) is 0 Å². The van der Waals surface area contributed by atoms with Crippen molar-refractivity contribution in [1.82, 2.24) is 14.9 Å². The highest BCUT2D eigenvalue weighted by atomic mass is 15.3. The Labute approximate surface area is 108 Å². The molecule has 3 heterocycles. The van der Waals surface area contributed by atoms with Crippen molar-refractivity contribution in [3.63, 3.8) is 0 Å². The standard InChI is InChI=1S/C13H21N5/c1-10-8-17-6-2-3-11(17)9-18(10)13-12(7-14)15-4-5-16-13/h4-5,10-11H,2-3,6-9,14H2,1H3.